The van der Waals surface area contributed by atoms with E-state index in [-0.39, 0.29) is 18.3 Å². The van der Waals surface area contributed by atoms with Crippen LogP contribution in [-0.4, -0.2) is 30.8 Å². The largest absolute Gasteiger partial charge is 0.481 e. The van der Waals surface area contributed by atoms with E-state index in [1.165, 1.54) is 0 Å². The molecule has 2 aliphatic rings. The maximum Gasteiger partial charge on any atom is 0.308 e. The Kier molecular flexibility index (Phi) is 3.83. The third-order valence-electron chi connectivity index (χ3n) is 4.39. The molecule has 0 aromatic rings. The second kappa shape index (κ2) is 5.10. The van der Waals surface area contributed by atoms with E-state index in [9.17, 15) is 18.3 Å². The van der Waals surface area contributed by atoms with Gasteiger partial charge in [-0.15, -0.1) is 0 Å². The molecular formula is C12H18N2O4S. The molecular weight excluding hydrogens is 268 g/mol. The van der Waals surface area contributed by atoms with E-state index in [4.69, 9.17) is 5.26 Å². The number of hydrogen-bond donors (Lipinski definition) is 2. The Morgan fingerprint density at radius 1 is 1.47 bits per heavy atom. The Balaban J connectivity index is 2.19. The van der Waals surface area contributed by atoms with E-state index < -0.39 is 33.2 Å². The van der Waals surface area contributed by atoms with Crippen LogP contribution in [0, 0.1) is 29.1 Å². The van der Waals surface area contributed by atoms with Crippen molar-refractivity contribution in [1.29, 1.82) is 5.26 Å². The second-order valence-electron chi connectivity index (χ2n) is 5.41. The lowest BCUT2D eigenvalue weighted by molar-refractivity contribution is -0.144. The van der Waals surface area contributed by atoms with Crippen molar-refractivity contribution in [3.8, 4) is 6.07 Å². The number of aliphatic carboxylic acids is 1. The molecule has 0 radical (unpaired) electrons. The summed E-state index contributed by atoms with van der Waals surface area (Å²) in [6.07, 6.45) is 2.69. The van der Waals surface area contributed by atoms with Crippen molar-refractivity contribution in [2.75, 3.05) is 0 Å². The summed E-state index contributed by atoms with van der Waals surface area (Å²) in [5.41, 5.74) is 0. The van der Waals surface area contributed by atoms with Crippen LogP contribution in [0.2, 0.25) is 0 Å². The van der Waals surface area contributed by atoms with E-state index in [0.717, 1.165) is 19.3 Å². The molecule has 2 rings (SSSR count). The quantitative estimate of drug-likeness (QED) is 0.773. The summed E-state index contributed by atoms with van der Waals surface area (Å²) in [7, 11) is -3.77. The highest BCUT2D eigenvalue weighted by atomic mass is 32.2. The summed E-state index contributed by atoms with van der Waals surface area (Å²) < 4.78 is 26.6. The number of sulfonamides is 1. The molecule has 0 aliphatic heterocycles. The van der Waals surface area contributed by atoms with E-state index in [1.54, 1.807) is 13.0 Å². The first-order valence-electron chi connectivity index (χ1n) is 6.54. The van der Waals surface area contributed by atoms with Gasteiger partial charge in [0, 0.05) is 6.04 Å². The van der Waals surface area contributed by atoms with Crippen molar-refractivity contribution in [3.63, 3.8) is 0 Å². The molecule has 106 valence electrons. The van der Waals surface area contributed by atoms with Gasteiger partial charge in [-0.25, -0.2) is 13.1 Å². The minimum Gasteiger partial charge on any atom is -0.481 e. The second-order valence-corrected chi connectivity index (χ2v) is 7.31. The lowest BCUT2D eigenvalue weighted by Crippen LogP contribution is -2.49. The summed E-state index contributed by atoms with van der Waals surface area (Å²) >= 11 is 0. The predicted octanol–water partition coefficient (Wildman–Crippen LogP) is 0.707. The molecule has 19 heavy (non-hydrogen) atoms. The van der Waals surface area contributed by atoms with Gasteiger partial charge in [0.1, 0.15) is 0 Å². The maximum absolute atomic E-state index is 12.1. The standard InChI is InChI=1S/C12H18N2O4S/c1-2-9(6-13)19(17,18)14-11-8-4-3-7(5-8)10(11)12(15)16/h7-11,14H,2-5H2,1H3,(H,15,16). The van der Waals surface area contributed by atoms with Crippen LogP contribution in [0.3, 0.4) is 0 Å². The Bertz CT molecular complexity index is 510. The zero-order valence-corrected chi connectivity index (χ0v) is 11.6. The molecule has 0 spiro atoms. The fourth-order valence-electron chi connectivity index (χ4n) is 3.47. The van der Waals surface area contributed by atoms with Crippen LogP contribution in [-0.2, 0) is 14.8 Å². The van der Waals surface area contributed by atoms with Crippen LogP contribution in [0.25, 0.3) is 0 Å². The molecule has 7 heteroatoms. The number of nitriles is 1. The lowest BCUT2D eigenvalue weighted by Gasteiger charge is -2.29. The summed E-state index contributed by atoms with van der Waals surface area (Å²) in [6.45, 7) is 1.63. The Hall–Kier alpha value is -1.13. The molecule has 6 nitrogen and oxygen atoms in total. The van der Waals surface area contributed by atoms with Crippen LogP contribution < -0.4 is 4.72 Å². The molecule has 2 aliphatic carbocycles. The minimum absolute atomic E-state index is 0.0670. The maximum atomic E-state index is 12.1. The van der Waals surface area contributed by atoms with Crippen molar-refractivity contribution >= 4 is 16.0 Å². The van der Waals surface area contributed by atoms with Crippen molar-refractivity contribution < 1.29 is 18.3 Å². The number of nitrogens with zero attached hydrogens (tertiary/aromatic N) is 1. The fraction of sp³-hybridized carbons (Fsp3) is 0.833. The smallest absolute Gasteiger partial charge is 0.308 e. The molecule has 2 N–H and O–H groups in total. The summed E-state index contributed by atoms with van der Waals surface area (Å²) in [4.78, 5) is 11.3. The van der Waals surface area contributed by atoms with Crippen LogP contribution in [0.1, 0.15) is 32.6 Å². The number of hydrogen-bond acceptors (Lipinski definition) is 4. The van der Waals surface area contributed by atoms with Crippen molar-refractivity contribution in [3.05, 3.63) is 0 Å². The highest BCUT2D eigenvalue weighted by Crippen LogP contribution is 2.48. The molecule has 2 fully saturated rings. The van der Waals surface area contributed by atoms with Crippen LogP contribution in [0.15, 0.2) is 0 Å². The van der Waals surface area contributed by atoms with Gasteiger partial charge < -0.3 is 5.11 Å². The topological polar surface area (TPSA) is 107 Å². The fourth-order valence-corrected chi connectivity index (χ4v) is 4.93. The van der Waals surface area contributed by atoms with Crippen molar-refractivity contribution in [2.45, 2.75) is 43.9 Å². The lowest BCUT2D eigenvalue weighted by atomic mass is 9.85. The number of carbonyl (C=O) groups is 1. The molecule has 0 heterocycles. The first kappa shape index (κ1) is 14.3. The van der Waals surface area contributed by atoms with Gasteiger partial charge in [0.15, 0.2) is 5.25 Å². The SMILES string of the molecule is CCC(C#N)S(=O)(=O)NC1C2CCC(C2)C1C(=O)O. The Morgan fingerprint density at radius 2 is 2.11 bits per heavy atom. The van der Waals surface area contributed by atoms with Crippen LogP contribution >= 0.6 is 0 Å². The molecule has 0 saturated heterocycles. The van der Waals surface area contributed by atoms with Gasteiger partial charge in [-0.2, -0.15) is 5.26 Å². The number of carboxylic acids is 1. The average Bonchev–Trinajstić information content (AvgIpc) is 2.89. The molecule has 0 amide bonds. The van der Waals surface area contributed by atoms with Gasteiger partial charge in [0.05, 0.1) is 12.0 Å². The van der Waals surface area contributed by atoms with Gasteiger partial charge in [0.2, 0.25) is 10.0 Å². The normalized spacial score (nSPS) is 34.9. The molecule has 5 atom stereocenters. The summed E-state index contributed by atoms with van der Waals surface area (Å²) in [6, 6.07) is 1.20. The number of rotatable bonds is 5. The number of fused-ring (bicyclic) bond motifs is 2. The van der Waals surface area contributed by atoms with Crippen LogP contribution in [0.5, 0.6) is 0 Å². The first-order chi connectivity index (χ1) is 8.90. The average molecular weight is 286 g/mol. The van der Waals surface area contributed by atoms with E-state index >= 15 is 0 Å². The summed E-state index contributed by atoms with van der Waals surface area (Å²) in [5.74, 6) is -1.43. The molecule has 0 aromatic carbocycles. The molecule has 0 aromatic heterocycles. The monoisotopic (exact) mass is 286 g/mol. The highest BCUT2D eigenvalue weighted by molar-refractivity contribution is 7.90. The molecule has 2 bridgehead atoms. The highest BCUT2D eigenvalue weighted by Gasteiger charge is 2.52. The third kappa shape index (κ3) is 2.47. The first-order valence-corrected chi connectivity index (χ1v) is 8.09. The van der Waals surface area contributed by atoms with Crippen molar-refractivity contribution in [2.24, 2.45) is 17.8 Å². The number of nitrogens with one attached hydrogen (secondary N) is 1. The van der Waals surface area contributed by atoms with Gasteiger partial charge >= 0.3 is 5.97 Å². The van der Waals surface area contributed by atoms with Gasteiger partial charge in [-0.05, 0) is 37.5 Å². The Labute approximate surface area is 112 Å². The zero-order chi connectivity index (χ0) is 14.2. The molecule has 2 saturated carbocycles. The summed E-state index contributed by atoms with van der Waals surface area (Å²) in [5, 5.41) is 17.0. The van der Waals surface area contributed by atoms with Gasteiger partial charge in [-0.1, -0.05) is 6.92 Å². The van der Waals surface area contributed by atoms with E-state index in [0.29, 0.717) is 0 Å². The zero-order valence-electron chi connectivity index (χ0n) is 10.7. The van der Waals surface area contributed by atoms with Gasteiger partial charge in [0.25, 0.3) is 0 Å². The third-order valence-corrected chi connectivity index (χ3v) is 6.18. The van der Waals surface area contributed by atoms with E-state index in [1.807, 2.05) is 0 Å². The van der Waals surface area contributed by atoms with Gasteiger partial charge in [-0.3, -0.25) is 4.79 Å². The minimum atomic E-state index is -3.77. The predicted molar refractivity (Wildman–Crippen MR) is 67.5 cm³/mol. The molecule has 5 unspecified atom stereocenters. The Morgan fingerprint density at radius 3 is 2.63 bits per heavy atom. The number of carboxylic acid groups (broad SMARTS) is 1. The van der Waals surface area contributed by atoms with Crippen LogP contribution in [0.4, 0.5) is 0 Å². The van der Waals surface area contributed by atoms with E-state index in [2.05, 4.69) is 4.72 Å². The van der Waals surface area contributed by atoms with Crippen molar-refractivity contribution in [1.82, 2.24) is 4.72 Å².